The fourth-order valence-electron chi connectivity index (χ4n) is 2.74. The van der Waals surface area contributed by atoms with E-state index in [9.17, 15) is 4.79 Å². The smallest absolute Gasteiger partial charge is 0.305 e. The van der Waals surface area contributed by atoms with Crippen molar-refractivity contribution < 1.29 is 9.53 Å². The number of hydrogen-bond acceptors (Lipinski definition) is 3. The molecular formula is C21H27NO2. The van der Waals surface area contributed by atoms with Crippen LogP contribution < -0.4 is 0 Å². The second-order valence-electron chi connectivity index (χ2n) is 5.94. The first-order chi connectivity index (χ1) is 11.8. The highest BCUT2D eigenvalue weighted by molar-refractivity contribution is 5.69. The van der Waals surface area contributed by atoms with E-state index in [1.807, 2.05) is 19.1 Å². The normalized spacial score (nSPS) is 10.8. The van der Waals surface area contributed by atoms with Crippen molar-refractivity contribution in [3.05, 3.63) is 71.8 Å². The maximum Gasteiger partial charge on any atom is 0.305 e. The largest absolute Gasteiger partial charge is 0.466 e. The lowest BCUT2D eigenvalue weighted by Gasteiger charge is -2.22. The average Bonchev–Trinajstić information content (AvgIpc) is 2.61. The van der Waals surface area contributed by atoms with Crippen LogP contribution in [-0.2, 0) is 22.6 Å². The molecule has 128 valence electrons. The van der Waals surface area contributed by atoms with Gasteiger partial charge in [0, 0.05) is 19.5 Å². The van der Waals surface area contributed by atoms with Crippen LogP contribution in [0.25, 0.3) is 0 Å². The Morgan fingerprint density at radius 3 is 1.92 bits per heavy atom. The number of benzene rings is 2. The number of unbranched alkanes of at least 4 members (excludes halogenated alkanes) is 1. The van der Waals surface area contributed by atoms with E-state index in [0.717, 1.165) is 32.5 Å². The molecule has 0 N–H and O–H groups in total. The molecule has 24 heavy (non-hydrogen) atoms. The predicted molar refractivity (Wildman–Crippen MR) is 97.5 cm³/mol. The van der Waals surface area contributed by atoms with Gasteiger partial charge in [-0.1, -0.05) is 60.7 Å². The second kappa shape index (κ2) is 10.6. The van der Waals surface area contributed by atoms with E-state index in [0.29, 0.717) is 13.0 Å². The van der Waals surface area contributed by atoms with Crippen LogP contribution in [0.3, 0.4) is 0 Å². The molecule has 2 aromatic rings. The molecule has 0 amide bonds. The SMILES string of the molecule is CCOC(=O)CCCCN(Cc1ccccc1)Cc1ccccc1. The quantitative estimate of drug-likeness (QED) is 0.478. The Hall–Kier alpha value is -2.13. The summed E-state index contributed by atoms with van der Waals surface area (Å²) >= 11 is 0. The van der Waals surface area contributed by atoms with Gasteiger partial charge in [0.25, 0.3) is 0 Å². The standard InChI is InChI=1S/C21H27NO2/c1-2-24-21(23)15-9-10-16-22(17-19-11-5-3-6-12-19)18-20-13-7-4-8-14-20/h3-8,11-14H,2,9-10,15-18H2,1H3. The van der Waals surface area contributed by atoms with Gasteiger partial charge in [0.1, 0.15) is 0 Å². The summed E-state index contributed by atoms with van der Waals surface area (Å²) in [6.07, 6.45) is 2.38. The van der Waals surface area contributed by atoms with Crippen molar-refractivity contribution in [2.24, 2.45) is 0 Å². The molecular weight excluding hydrogens is 298 g/mol. The fraction of sp³-hybridized carbons (Fsp3) is 0.381. The van der Waals surface area contributed by atoms with Crippen LogP contribution in [0.2, 0.25) is 0 Å². The number of esters is 1. The summed E-state index contributed by atoms with van der Waals surface area (Å²) in [6, 6.07) is 21.1. The summed E-state index contributed by atoms with van der Waals surface area (Å²) in [7, 11) is 0. The second-order valence-corrected chi connectivity index (χ2v) is 5.94. The van der Waals surface area contributed by atoms with Gasteiger partial charge in [0.15, 0.2) is 0 Å². The molecule has 0 saturated heterocycles. The van der Waals surface area contributed by atoms with Crippen LogP contribution in [0.5, 0.6) is 0 Å². The van der Waals surface area contributed by atoms with Gasteiger partial charge >= 0.3 is 5.97 Å². The molecule has 0 aromatic heterocycles. The van der Waals surface area contributed by atoms with Crippen LogP contribution in [-0.4, -0.2) is 24.0 Å². The van der Waals surface area contributed by atoms with Gasteiger partial charge < -0.3 is 4.74 Å². The topological polar surface area (TPSA) is 29.5 Å². The van der Waals surface area contributed by atoms with Crippen molar-refractivity contribution in [1.82, 2.24) is 4.90 Å². The number of nitrogens with zero attached hydrogens (tertiary/aromatic N) is 1. The van der Waals surface area contributed by atoms with Crippen LogP contribution in [0.4, 0.5) is 0 Å². The third-order valence-corrected chi connectivity index (χ3v) is 3.91. The van der Waals surface area contributed by atoms with Gasteiger partial charge in [0.2, 0.25) is 0 Å². The summed E-state index contributed by atoms with van der Waals surface area (Å²) < 4.78 is 4.99. The van der Waals surface area contributed by atoms with E-state index >= 15 is 0 Å². The molecule has 0 aliphatic rings. The zero-order valence-electron chi connectivity index (χ0n) is 14.5. The zero-order chi connectivity index (χ0) is 17.0. The minimum Gasteiger partial charge on any atom is -0.466 e. The van der Waals surface area contributed by atoms with Gasteiger partial charge in [-0.25, -0.2) is 0 Å². The highest BCUT2D eigenvalue weighted by Gasteiger charge is 2.08. The van der Waals surface area contributed by atoms with Gasteiger partial charge in [0.05, 0.1) is 6.61 Å². The van der Waals surface area contributed by atoms with Crippen molar-refractivity contribution in [3.8, 4) is 0 Å². The highest BCUT2D eigenvalue weighted by Crippen LogP contribution is 2.12. The number of hydrogen-bond donors (Lipinski definition) is 0. The van der Waals surface area contributed by atoms with E-state index in [1.165, 1.54) is 11.1 Å². The molecule has 0 aliphatic carbocycles. The molecule has 0 aliphatic heterocycles. The Morgan fingerprint density at radius 2 is 1.42 bits per heavy atom. The Morgan fingerprint density at radius 1 is 0.875 bits per heavy atom. The van der Waals surface area contributed by atoms with Crippen molar-refractivity contribution in [2.45, 2.75) is 39.3 Å². The Balaban J connectivity index is 1.86. The molecule has 2 rings (SSSR count). The number of ether oxygens (including phenoxy) is 1. The van der Waals surface area contributed by atoms with E-state index in [2.05, 4.69) is 53.4 Å². The molecule has 3 nitrogen and oxygen atoms in total. The molecule has 0 spiro atoms. The zero-order valence-corrected chi connectivity index (χ0v) is 14.5. The number of carbonyl (C=O) groups excluding carboxylic acids is 1. The summed E-state index contributed by atoms with van der Waals surface area (Å²) in [6.45, 7) is 5.14. The third kappa shape index (κ3) is 6.97. The Kier molecular flexibility index (Phi) is 8.05. The molecule has 0 radical (unpaired) electrons. The van der Waals surface area contributed by atoms with Crippen molar-refractivity contribution in [1.29, 1.82) is 0 Å². The Bertz CT molecular complexity index is 542. The molecule has 0 saturated carbocycles. The summed E-state index contributed by atoms with van der Waals surface area (Å²) in [5, 5.41) is 0. The first-order valence-electron chi connectivity index (χ1n) is 8.73. The summed E-state index contributed by atoms with van der Waals surface area (Å²) in [5.41, 5.74) is 2.64. The van der Waals surface area contributed by atoms with Crippen molar-refractivity contribution >= 4 is 5.97 Å². The van der Waals surface area contributed by atoms with Crippen LogP contribution in [0.15, 0.2) is 60.7 Å². The maximum absolute atomic E-state index is 11.4. The molecule has 0 fully saturated rings. The molecule has 2 aromatic carbocycles. The summed E-state index contributed by atoms with van der Waals surface area (Å²) in [5.74, 6) is -0.0878. The molecule has 0 unspecified atom stereocenters. The van der Waals surface area contributed by atoms with Crippen molar-refractivity contribution in [2.75, 3.05) is 13.2 Å². The Labute approximate surface area is 145 Å². The third-order valence-electron chi connectivity index (χ3n) is 3.91. The maximum atomic E-state index is 11.4. The van der Waals surface area contributed by atoms with E-state index in [1.54, 1.807) is 0 Å². The number of rotatable bonds is 10. The van der Waals surface area contributed by atoms with Gasteiger partial charge in [-0.2, -0.15) is 0 Å². The van der Waals surface area contributed by atoms with Crippen molar-refractivity contribution in [3.63, 3.8) is 0 Å². The van der Waals surface area contributed by atoms with Crippen LogP contribution in [0, 0.1) is 0 Å². The van der Waals surface area contributed by atoms with Gasteiger partial charge in [-0.05, 0) is 37.4 Å². The fourth-order valence-corrected chi connectivity index (χ4v) is 2.74. The van der Waals surface area contributed by atoms with E-state index in [4.69, 9.17) is 4.74 Å². The lowest BCUT2D eigenvalue weighted by molar-refractivity contribution is -0.143. The average molecular weight is 325 g/mol. The highest BCUT2D eigenvalue weighted by atomic mass is 16.5. The van der Waals surface area contributed by atoms with Crippen LogP contribution in [0.1, 0.15) is 37.3 Å². The first-order valence-corrected chi connectivity index (χ1v) is 8.73. The lowest BCUT2D eigenvalue weighted by atomic mass is 10.1. The minimum absolute atomic E-state index is 0.0878. The predicted octanol–water partition coefficient (Wildman–Crippen LogP) is 4.42. The molecule has 3 heteroatoms. The number of carbonyl (C=O) groups is 1. The molecule has 0 atom stereocenters. The van der Waals surface area contributed by atoms with Crippen LogP contribution >= 0.6 is 0 Å². The summed E-state index contributed by atoms with van der Waals surface area (Å²) in [4.78, 5) is 13.9. The lowest BCUT2D eigenvalue weighted by Crippen LogP contribution is -2.24. The molecule has 0 heterocycles. The van der Waals surface area contributed by atoms with Gasteiger partial charge in [-0.3, -0.25) is 9.69 Å². The monoisotopic (exact) mass is 325 g/mol. The van der Waals surface area contributed by atoms with E-state index in [-0.39, 0.29) is 5.97 Å². The van der Waals surface area contributed by atoms with Gasteiger partial charge in [-0.15, -0.1) is 0 Å². The van der Waals surface area contributed by atoms with E-state index < -0.39 is 0 Å². The first kappa shape index (κ1) is 18.2. The molecule has 0 bridgehead atoms. The minimum atomic E-state index is -0.0878.